The molecule has 0 aliphatic carbocycles. The molecule has 0 unspecified atom stereocenters. The molecule has 0 aliphatic heterocycles. The predicted molar refractivity (Wildman–Crippen MR) is 67.1 cm³/mol. The maximum absolute atomic E-state index is 7.30. The molecule has 0 aromatic carbocycles. The maximum atomic E-state index is 7.30. The van der Waals surface area contributed by atoms with Crippen LogP contribution in [0, 0.1) is 12.3 Å². The Labute approximate surface area is 96.9 Å². The van der Waals surface area contributed by atoms with Crippen LogP contribution in [-0.2, 0) is 0 Å². The number of thiazole rings is 1. The zero-order chi connectivity index (χ0) is 8.27. The van der Waals surface area contributed by atoms with E-state index in [-0.39, 0.29) is 24.0 Å². The number of hydrogen-bond acceptors (Lipinski definition) is 4. The van der Waals surface area contributed by atoms with Crippen LogP contribution in [0.15, 0.2) is 5.38 Å². The zero-order valence-corrected chi connectivity index (χ0v) is 10.7. The van der Waals surface area contributed by atoms with Crippen molar-refractivity contribution in [2.75, 3.05) is 11.6 Å². The minimum atomic E-state index is 0. The highest BCUT2D eigenvalue weighted by molar-refractivity contribution is 14.0. The normalized spacial score (nSPS) is 8.83. The van der Waals surface area contributed by atoms with Gasteiger partial charge in [-0.2, -0.15) is 0 Å². The Morgan fingerprint density at radius 3 is 2.83 bits per heavy atom. The zero-order valence-electron chi connectivity index (χ0n) is 6.75. The summed E-state index contributed by atoms with van der Waals surface area (Å²) in [5.74, 6) is 0. The number of aromatic nitrogens is 1. The third-order valence-corrected chi connectivity index (χ3v) is 2.43. The summed E-state index contributed by atoms with van der Waals surface area (Å²) >= 11 is 2.88. The van der Waals surface area contributed by atoms with E-state index in [0.29, 0.717) is 5.17 Å². The largest absolute Gasteiger partial charge is 0.311 e. The highest BCUT2D eigenvalue weighted by Crippen LogP contribution is 2.15. The molecule has 1 aromatic heterocycles. The third-order valence-electron chi connectivity index (χ3n) is 1.04. The molecule has 0 fully saturated rings. The molecule has 6 heteroatoms. The van der Waals surface area contributed by atoms with Crippen molar-refractivity contribution in [3.63, 3.8) is 0 Å². The minimum Gasteiger partial charge on any atom is -0.311 e. The number of nitrogens with zero attached hydrogens (tertiary/aromatic N) is 1. The van der Waals surface area contributed by atoms with Gasteiger partial charge in [0.2, 0.25) is 0 Å². The first-order valence-corrected chi connectivity index (χ1v) is 5.14. The average molecular weight is 315 g/mol. The first-order chi connectivity index (χ1) is 5.22. The third kappa shape index (κ3) is 3.72. The van der Waals surface area contributed by atoms with Gasteiger partial charge in [0.1, 0.15) is 0 Å². The van der Waals surface area contributed by atoms with Crippen molar-refractivity contribution < 1.29 is 0 Å². The van der Waals surface area contributed by atoms with Crippen molar-refractivity contribution in [3.8, 4) is 0 Å². The highest BCUT2D eigenvalue weighted by Gasteiger charge is 1.98. The van der Waals surface area contributed by atoms with Gasteiger partial charge in [-0.05, 0) is 13.2 Å². The van der Waals surface area contributed by atoms with Crippen molar-refractivity contribution in [1.29, 1.82) is 5.41 Å². The fraction of sp³-hybridized carbons (Fsp3) is 0.333. The summed E-state index contributed by atoms with van der Waals surface area (Å²) < 4.78 is 0. The lowest BCUT2D eigenvalue weighted by Crippen LogP contribution is -2.04. The Kier molecular flexibility index (Phi) is 5.85. The van der Waals surface area contributed by atoms with Gasteiger partial charge >= 0.3 is 0 Å². The van der Waals surface area contributed by atoms with Crippen LogP contribution in [0.4, 0.5) is 5.13 Å². The van der Waals surface area contributed by atoms with E-state index >= 15 is 0 Å². The fourth-order valence-electron chi connectivity index (χ4n) is 0.560. The molecule has 12 heavy (non-hydrogen) atoms. The van der Waals surface area contributed by atoms with Gasteiger partial charge in [0, 0.05) is 5.38 Å². The average Bonchev–Trinajstić information content (AvgIpc) is 2.35. The number of nitrogens with one attached hydrogen (secondary N) is 2. The lowest BCUT2D eigenvalue weighted by Gasteiger charge is -1.98. The van der Waals surface area contributed by atoms with Crippen LogP contribution >= 0.6 is 47.1 Å². The topological polar surface area (TPSA) is 48.8 Å². The van der Waals surface area contributed by atoms with Crippen LogP contribution in [0.1, 0.15) is 5.69 Å². The van der Waals surface area contributed by atoms with E-state index in [1.54, 1.807) is 0 Å². The quantitative estimate of drug-likeness (QED) is 0.476. The first-order valence-electron chi connectivity index (χ1n) is 3.04. The summed E-state index contributed by atoms with van der Waals surface area (Å²) in [5.41, 5.74) is 0.992. The van der Waals surface area contributed by atoms with E-state index in [9.17, 15) is 0 Å². The van der Waals surface area contributed by atoms with E-state index in [1.165, 1.54) is 23.1 Å². The number of amidine groups is 1. The van der Waals surface area contributed by atoms with Crippen molar-refractivity contribution in [1.82, 2.24) is 4.98 Å². The van der Waals surface area contributed by atoms with E-state index in [2.05, 4.69) is 10.3 Å². The van der Waals surface area contributed by atoms with Gasteiger partial charge in [-0.25, -0.2) is 4.98 Å². The molecule has 0 amide bonds. The smallest absolute Gasteiger partial charge is 0.188 e. The van der Waals surface area contributed by atoms with E-state index in [4.69, 9.17) is 5.41 Å². The monoisotopic (exact) mass is 315 g/mol. The molecular formula is C6H10IN3S2. The molecule has 0 bridgehead atoms. The lowest BCUT2D eigenvalue weighted by molar-refractivity contribution is 1.27. The Balaban J connectivity index is 0.00000121. The molecule has 1 heterocycles. The van der Waals surface area contributed by atoms with Crippen LogP contribution in [0.25, 0.3) is 0 Å². The van der Waals surface area contributed by atoms with Gasteiger partial charge in [-0.15, -0.1) is 35.3 Å². The predicted octanol–water partition coefficient (Wildman–Crippen LogP) is 2.78. The molecule has 0 saturated carbocycles. The summed E-state index contributed by atoms with van der Waals surface area (Å²) in [7, 11) is 0. The Bertz CT molecular complexity index is 261. The molecule has 3 nitrogen and oxygen atoms in total. The number of anilines is 1. The van der Waals surface area contributed by atoms with Crippen molar-refractivity contribution in [2.45, 2.75) is 6.92 Å². The van der Waals surface area contributed by atoms with Gasteiger partial charge < -0.3 is 5.32 Å². The van der Waals surface area contributed by atoms with Crippen molar-refractivity contribution >= 4 is 57.4 Å². The number of aryl methyl sites for hydroxylation is 1. The van der Waals surface area contributed by atoms with Crippen molar-refractivity contribution in [3.05, 3.63) is 11.1 Å². The minimum absolute atomic E-state index is 0. The molecule has 1 rings (SSSR count). The Morgan fingerprint density at radius 2 is 2.42 bits per heavy atom. The van der Waals surface area contributed by atoms with Crippen LogP contribution in [0.5, 0.6) is 0 Å². The number of thioether (sulfide) groups is 1. The van der Waals surface area contributed by atoms with Gasteiger partial charge in [0.05, 0.1) is 5.69 Å². The molecule has 0 atom stereocenters. The summed E-state index contributed by atoms with van der Waals surface area (Å²) in [6.45, 7) is 1.93. The number of halogens is 1. The molecule has 2 N–H and O–H groups in total. The van der Waals surface area contributed by atoms with Gasteiger partial charge in [-0.1, -0.05) is 11.8 Å². The summed E-state index contributed by atoms with van der Waals surface area (Å²) in [6.07, 6.45) is 1.86. The second kappa shape index (κ2) is 5.76. The van der Waals surface area contributed by atoms with Gasteiger partial charge in [0.25, 0.3) is 0 Å². The highest BCUT2D eigenvalue weighted by atomic mass is 127. The molecule has 0 spiro atoms. The molecule has 1 aromatic rings. The summed E-state index contributed by atoms with van der Waals surface area (Å²) in [5, 5.41) is 13.3. The second-order valence-electron chi connectivity index (χ2n) is 1.95. The van der Waals surface area contributed by atoms with E-state index in [1.807, 2.05) is 18.6 Å². The maximum Gasteiger partial charge on any atom is 0.188 e. The lowest BCUT2D eigenvalue weighted by atomic mass is 10.6. The fourth-order valence-corrected chi connectivity index (χ4v) is 1.52. The van der Waals surface area contributed by atoms with Crippen LogP contribution < -0.4 is 5.32 Å². The van der Waals surface area contributed by atoms with Gasteiger partial charge in [0.15, 0.2) is 10.3 Å². The number of hydrogen-bond donors (Lipinski definition) is 2. The molecule has 0 aliphatic rings. The van der Waals surface area contributed by atoms with Crippen molar-refractivity contribution in [2.24, 2.45) is 0 Å². The molecule has 68 valence electrons. The van der Waals surface area contributed by atoms with E-state index in [0.717, 1.165) is 10.8 Å². The standard InChI is InChI=1S/C6H9N3S2.HI/c1-4-3-11-6(8-4)9-5(7)10-2;/h3H,1-2H3,(H2,7,8,9);1H. The van der Waals surface area contributed by atoms with Crippen LogP contribution in [-0.4, -0.2) is 16.4 Å². The molecule has 0 saturated heterocycles. The Hall–Kier alpha value is 0.180. The molecule has 0 radical (unpaired) electrons. The first kappa shape index (κ1) is 12.2. The van der Waals surface area contributed by atoms with Crippen LogP contribution in [0.2, 0.25) is 0 Å². The summed E-state index contributed by atoms with van der Waals surface area (Å²) in [4.78, 5) is 4.15. The summed E-state index contributed by atoms with van der Waals surface area (Å²) in [6, 6.07) is 0. The van der Waals surface area contributed by atoms with Crippen LogP contribution in [0.3, 0.4) is 0 Å². The second-order valence-corrected chi connectivity index (χ2v) is 3.63. The SMILES string of the molecule is CSC(=N)Nc1nc(C)cs1.I. The van der Waals surface area contributed by atoms with Gasteiger partial charge in [-0.3, -0.25) is 5.41 Å². The van der Waals surface area contributed by atoms with E-state index < -0.39 is 0 Å². The Morgan fingerprint density at radius 1 is 1.75 bits per heavy atom. The molecular weight excluding hydrogens is 305 g/mol. The number of rotatable bonds is 1.